The number of sulfonamides is 1. The summed E-state index contributed by atoms with van der Waals surface area (Å²) in [4.78, 5) is 12.8. The molecule has 9 heteroatoms. The van der Waals surface area contributed by atoms with Gasteiger partial charge in [0.25, 0.3) is 0 Å². The third-order valence-electron chi connectivity index (χ3n) is 5.49. The first kappa shape index (κ1) is 22.7. The number of ketones is 1. The summed E-state index contributed by atoms with van der Waals surface area (Å²) >= 11 is 3.39. The van der Waals surface area contributed by atoms with E-state index in [2.05, 4.69) is 33.3 Å². The van der Waals surface area contributed by atoms with Crippen LogP contribution in [0.25, 0.3) is 11.3 Å². The molecule has 2 aromatic carbocycles. The van der Waals surface area contributed by atoms with E-state index in [0.717, 1.165) is 22.9 Å². The average molecular weight is 518 g/mol. The number of anilines is 1. The predicted molar refractivity (Wildman–Crippen MR) is 126 cm³/mol. The van der Waals surface area contributed by atoms with Crippen molar-refractivity contribution in [1.29, 1.82) is 0 Å². The lowest BCUT2D eigenvalue weighted by atomic mass is 10.0. The molecule has 1 aliphatic heterocycles. The van der Waals surface area contributed by atoms with Gasteiger partial charge in [-0.1, -0.05) is 52.3 Å². The van der Waals surface area contributed by atoms with Crippen molar-refractivity contribution in [3.05, 3.63) is 64.6 Å². The summed E-state index contributed by atoms with van der Waals surface area (Å²) in [5.41, 5.74) is 1.87. The van der Waals surface area contributed by atoms with Crippen LogP contribution in [-0.4, -0.2) is 43.3 Å². The van der Waals surface area contributed by atoms with Gasteiger partial charge in [0.1, 0.15) is 5.69 Å². The van der Waals surface area contributed by atoms with Crippen LogP contribution in [0.5, 0.6) is 0 Å². The van der Waals surface area contributed by atoms with Crippen molar-refractivity contribution < 1.29 is 17.7 Å². The zero-order chi connectivity index (χ0) is 22.7. The van der Waals surface area contributed by atoms with E-state index in [4.69, 9.17) is 4.52 Å². The molecule has 1 aromatic heterocycles. The van der Waals surface area contributed by atoms with Gasteiger partial charge < -0.3 is 9.84 Å². The average Bonchev–Trinajstić information content (AvgIpc) is 3.27. The molecule has 0 spiro atoms. The Morgan fingerprint density at radius 2 is 2.00 bits per heavy atom. The van der Waals surface area contributed by atoms with E-state index < -0.39 is 10.0 Å². The highest BCUT2D eigenvalue weighted by Gasteiger charge is 2.29. The Hall–Kier alpha value is -2.49. The third-order valence-corrected chi connectivity index (χ3v) is 7.88. The summed E-state index contributed by atoms with van der Waals surface area (Å²) in [7, 11) is -3.62. The standard InChI is InChI=1S/C23H24BrN3O4S/c1-16-4-3-11-27(15-16)32(29,30)20-6-2-5-18(12-20)22(28)14-25-23-13-21(26-31-23)17-7-9-19(24)10-8-17/h2,5-10,12-13,16,25H,3-4,11,14-15H2,1H3. The van der Waals surface area contributed by atoms with Crippen LogP contribution in [0.1, 0.15) is 30.1 Å². The van der Waals surface area contributed by atoms with Crippen LogP contribution in [0.3, 0.4) is 0 Å². The SMILES string of the molecule is CC1CCCN(S(=O)(=O)c2cccc(C(=O)CNc3cc(-c4ccc(Br)cc4)no3)c2)C1. The zero-order valence-corrected chi connectivity index (χ0v) is 20.0. The fourth-order valence-corrected chi connectivity index (χ4v) is 5.64. The Balaban J connectivity index is 1.43. The van der Waals surface area contributed by atoms with E-state index in [1.807, 2.05) is 24.3 Å². The van der Waals surface area contributed by atoms with Gasteiger partial charge in [-0.25, -0.2) is 8.42 Å². The summed E-state index contributed by atoms with van der Waals surface area (Å²) in [5, 5.41) is 6.95. The molecule has 3 aromatic rings. The van der Waals surface area contributed by atoms with E-state index in [0.29, 0.717) is 36.1 Å². The van der Waals surface area contributed by atoms with Crippen molar-refractivity contribution >= 4 is 37.6 Å². The van der Waals surface area contributed by atoms with Crippen molar-refractivity contribution in [1.82, 2.24) is 9.46 Å². The van der Waals surface area contributed by atoms with Crippen LogP contribution in [0.4, 0.5) is 5.88 Å². The second-order valence-electron chi connectivity index (χ2n) is 8.00. The third kappa shape index (κ3) is 5.11. The largest absolute Gasteiger partial charge is 0.347 e. The molecule has 0 bridgehead atoms. The van der Waals surface area contributed by atoms with Crippen molar-refractivity contribution in [2.75, 3.05) is 25.0 Å². The maximum Gasteiger partial charge on any atom is 0.243 e. The molecule has 0 radical (unpaired) electrons. The first-order valence-corrected chi connectivity index (χ1v) is 12.7. The molecular weight excluding hydrogens is 494 g/mol. The number of carbonyl (C=O) groups is 1. The number of halogens is 1. The summed E-state index contributed by atoms with van der Waals surface area (Å²) in [5.74, 6) is 0.453. The van der Waals surface area contributed by atoms with E-state index in [1.54, 1.807) is 24.3 Å². The van der Waals surface area contributed by atoms with Crippen LogP contribution >= 0.6 is 15.9 Å². The van der Waals surface area contributed by atoms with Crippen LogP contribution in [-0.2, 0) is 10.0 Å². The maximum atomic E-state index is 13.0. The van der Waals surface area contributed by atoms with E-state index in [9.17, 15) is 13.2 Å². The molecule has 168 valence electrons. The minimum absolute atomic E-state index is 0.0424. The van der Waals surface area contributed by atoms with Gasteiger partial charge >= 0.3 is 0 Å². The molecular formula is C23H24BrN3O4S. The Morgan fingerprint density at radius 3 is 2.75 bits per heavy atom. The molecule has 7 nitrogen and oxygen atoms in total. The monoisotopic (exact) mass is 517 g/mol. The zero-order valence-electron chi connectivity index (χ0n) is 17.6. The molecule has 0 amide bonds. The Labute approximate surface area is 196 Å². The minimum Gasteiger partial charge on any atom is -0.347 e. The van der Waals surface area contributed by atoms with Crippen molar-refractivity contribution in [3.8, 4) is 11.3 Å². The molecule has 1 atom stereocenters. The molecule has 1 N–H and O–H groups in total. The number of nitrogens with one attached hydrogen (secondary N) is 1. The summed E-state index contributed by atoms with van der Waals surface area (Å²) in [6.07, 6.45) is 1.88. The number of hydrogen-bond donors (Lipinski definition) is 1. The lowest BCUT2D eigenvalue weighted by Crippen LogP contribution is -2.39. The van der Waals surface area contributed by atoms with Crippen LogP contribution < -0.4 is 5.32 Å². The quantitative estimate of drug-likeness (QED) is 0.451. The molecule has 1 unspecified atom stereocenters. The van der Waals surface area contributed by atoms with Crippen molar-refractivity contribution in [2.45, 2.75) is 24.7 Å². The van der Waals surface area contributed by atoms with Crippen LogP contribution in [0.2, 0.25) is 0 Å². The number of hydrogen-bond acceptors (Lipinski definition) is 6. The van der Waals surface area contributed by atoms with Gasteiger partial charge in [-0.05, 0) is 43.0 Å². The highest BCUT2D eigenvalue weighted by molar-refractivity contribution is 9.10. The fourth-order valence-electron chi connectivity index (χ4n) is 3.73. The van der Waals surface area contributed by atoms with Crippen molar-refractivity contribution in [2.24, 2.45) is 5.92 Å². The molecule has 1 aliphatic rings. The fraction of sp³-hybridized carbons (Fsp3) is 0.304. The van der Waals surface area contributed by atoms with Gasteiger partial charge in [-0.15, -0.1) is 0 Å². The van der Waals surface area contributed by atoms with Gasteiger partial charge in [-0.3, -0.25) is 4.79 Å². The molecule has 1 saturated heterocycles. The van der Waals surface area contributed by atoms with Gasteiger partial charge in [-0.2, -0.15) is 4.31 Å². The number of carbonyl (C=O) groups excluding carboxylic acids is 1. The normalized spacial score (nSPS) is 17.2. The highest BCUT2D eigenvalue weighted by Crippen LogP contribution is 2.25. The number of benzene rings is 2. The molecule has 32 heavy (non-hydrogen) atoms. The lowest BCUT2D eigenvalue weighted by molar-refractivity contribution is 0.100. The van der Waals surface area contributed by atoms with Crippen LogP contribution in [0, 0.1) is 5.92 Å². The Bertz CT molecular complexity index is 1210. The summed E-state index contributed by atoms with van der Waals surface area (Å²) in [6, 6.07) is 15.6. The number of nitrogens with zero attached hydrogens (tertiary/aromatic N) is 2. The first-order chi connectivity index (χ1) is 15.3. The number of aromatic nitrogens is 1. The summed E-state index contributed by atoms with van der Waals surface area (Å²) in [6.45, 7) is 3.03. The van der Waals surface area contributed by atoms with Gasteiger partial charge in [0.2, 0.25) is 15.9 Å². The lowest BCUT2D eigenvalue weighted by Gasteiger charge is -2.30. The van der Waals surface area contributed by atoms with E-state index in [-0.39, 0.29) is 17.2 Å². The van der Waals surface area contributed by atoms with E-state index >= 15 is 0 Å². The molecule has 0 aliphatic carbocycles. The molecule has 2 heterocycles. The maximum absolute atomic E-state index is 13.0. The molecule has 0 saturated carbocycles. The highest BCUT2D eigenvalue weighted by atomic mass is 79.9. The molecule has 1 fully saturated rings. The Kier molecular flexibility index (Phi) is 6.78. The minimum atomic E-state index is -3.62. The second kappa shape index (κ2) is 9.56. The molecule has 4 rings (SSSR count). The van der Waals surface area contributed by atoms with E-state index in [1.165, 1.54) is 10.4 Å². The topological polar surface area (TPSA) is 92.5 Å². The number of Topliss-reactive ketones (excluding diaryl/α,β-unsaturated/α-hetero) is 1. The number of piperidine rings is 1. The van der Waals surface area contributed by atoms with Gasteiger partial charge in [0.05, 0.1) is 11.4 Å². The number of rotatable bonds is 7. The predicted octanol–water partition coefficient (Wildman–Crippen LogP) is 4.82. The van der Waals surface area contributed by atoms with Gasteiger partial charge in [0.15, 0.2) is 5.78 Å². The summed E-state index contributed by atoms with van der Waals surface area (Å²) < 4.78 is 33.8. The first-order valence-electron chi connectivity index (χ1n) is 10.4. The Morgan fingerprint density at radius 1 is 1.22 bits per heavy atom. The van der Waals surface area contributed by atoms with Crippen LogP contribution in [0.15, 0.2) is 68.5 Å². The second-order valence-corrected chi connectivity index (χ2v) is 10.9. The van der Waals surface area contributed by atoms with Crippen molar-refractivity contribution in [3.63, 3.8) is 0 Å². The van der Waals surface area contributed by atoms with Gasteiger partial charge in [0, 0.05) is 34.8 Å². The smallest absolute Gasteiger partial charge is 0.243 e.